The van der Waals surface area contributed by atoms with Crippen LogP contribution < -0.4 is 10.6 Å². The third kappa shape index (κ3) is 2.30. The standard InChI is InChI=1S/C11H13ClN2O/c1-7-2-3-8(12)4-10(7)11(15)14-9-5-13-6-9/h2-4,9,13H,5-6H2,1H3,(H,14,15). The normalized spacial score (nSPS) is 15.9. The maximum Gasteiger partial charge on any atom is 0.251 e. The van der Waals surface area contributed by atoms with Crippen LogP contribution in [0.2, 0.25) is 5.02 Å². The van der Waals surface area contributed by atoms with Crippen LogP contribution in [0.4, 0.5) is 0 Å². The molecule has 0 saturated carbocycles. The molecule has 2 rings (SSSR count). The molecule has 80 valence electrons. The number of hydrogen-bond acceptors (Lipinski definition) is 2. The Hall–Kier alpha value is -1.06. The van der Waals surface area contributed by atoms with E-state index in [4.69, 9.17) is 11.6 Å². The molecule has 1 heterocycles. The van der Waals surface area contributed by atoms with Crippen LogP contribution in [0.3, 0.4) is 0 Å². The third-order valence-electron chi connectivity index (χ3n) is 2.56. The molecule has 0 atom stereocenters. The summed E-state index contributed by atoms with van der Waals surface area (Å²) in [5, 5.41) is 6.64. The summed E-state index contributed by atoms with van der Waals surface area (Å²) in [6.07, 6.45) is 0. The minimum atomic E-state index is -0.0403. The van der Waals surface area contributed by atoms with E-state index in [1.807, 2.05) is 13.0 Å². The summed E-state index contributed by atoms with van der Waals surface area (Å²) in [7, 11) is 0. The number of rotatable bonds is 2. The van der Waals surface area contributed by atoms with E-state index >= 15 is 0 Å². The molecule has 0 aromatic heterocycles. The van der Waals surface area contributed by atoms with Crippen LogP contribution in [-0.2, 0) is 0 Å². The lowest BCUT2D eigenvalue weighted by atomic mass is 10.1. The van der Waals surface area contributed by atoms with Crippen molar-refractivity contribution in [2.24, 2.45) is 0 Å². The van der Waals surface area contributed by atoms with E-state index in [-0.39, 0.29) is 11.9 Å². The molecule has 0 aliphatic carbocycles. The van der Waals surface area contributed by atoms with Crippen molar-refractivity contribution in [1.29, 1.82) is 0 Å². The molecule has 0 spiro atoms. The zero-order valence-corrected chi connectivity index (χ0v) is 9.27. The van der Waals surface area contributed by atoms with Gasteiger partial charge < -0.3 is 10.6 Å². The molecule has 2 N–H and O–H groups in total. The zero-order valence-electron chi connectivity index (χ0n) is 8.51. The molecular formula is C11H13ClN2O. The van der Waals surface area contributed by atoms with Crippen LogP contribution in [0, 0.1) is 6.92 Å². The van der Waals surface area contributed by atoms with Crippen LogP contribution in [0.5, 0.6) is 0 Å². The van der Waals surface area contributed by atoms with Gasteiger partial charge in [0.15, 0.2) is 0 Å². The molecule has 1 amide bonds. The highest BCUT2D eigenvalue weighted by atomic mass is 35.5. The summed E-state index contributed by atoms with van der Waals surface area (Å²) in [6.45, 7) is 3.61. The molecule has 15 heavy (non-hydrogen) atoms. The Morgan fingerprint density at radius 1 is 1.53 bits per heavy atom. The predicted octanol–water partition coefficient (Wildman–Crippen LogP) is 1.35. The Morgan fingerprint density at radius 2 is 2.27 bits per heavy atom. The van der Waals surface area contributed by atoms with Gasteiger partial charge in [0, 0.05) is 23.7 Å². The van der Waals surface area contributed by atoms with Crippen LogP contribution in [0.1, 0.15) is 15.9 Å². The summed E-state index contributed by atoms with van der Waals surface area (Å²) >= 11 is 5.85. The monoisotopic (exact) mass is 224 g/mol. The van der Waals surface area contributed by atoms with Gasteiger partial charge in [0.1, 0.15) is 0 Å². The van der Waals surface area contributed by atoms with Crippen molar-refractivity contribution in [3.8, 4) is 0 Å². The van der Waals surface area contributed by atoms with Crippen LogP contribution in [0.25, 0.3) is 0 Å². The van der Waals surface area contributed by atoms with Gasteiger partial charge in [-0.15, -0.1) is 0 Å². The van der Waals surface area contributed by atoms with Crippen molar-refractivity contribution in [2.45, 2.75) is 13.0 Å². The van der Waals surface area contributed by atoms with Gasteiger partial charge in [-0.3, -0.25) is 4.79 Å². The molecule has 1 aliphatic heterocycles. The van der Waals surface area contributed by atoms with E-state index in [0.29, 0.717) is 10.6 Å². The molecular weight excluding hydrogens is 212 g/mol. The highest BCUT2D eigenvalue weighted by Gasteiger charge is 2.20. The first-order chi connectivity index (χ1) is 7.16. The molecule has 4 heteroatoms. The molecule has 1 saturated heterocycles. The van der Waals surface area contributed by atoms with Gasteiger partial charge in [0.25, 0.3) is 5.91 Å². The Bertz CT molecular complexity index is 388. The van der Waals surface area contributed by atoms with Gasteiger partial charge in [-0.2, -0.15) is 0 Å². The fraction of sp³-hybridized carbons (Fsp3) is 0.364. The lowest BCUT2D eigenvalue weighted by Crippen LogP contribution is -2.57. The largest absolute Gasteiger partial charge is 0.347 e. The number of halogens is 1. The van der Waals surface area contributed by atoms with Crippen molar-refractivity contribution >= 4 is 17.5 Å². The molecule has 1 aromatic carbocycles. The van der Waals surface area contributed by atoms with Crippen molar-refractivity contribution in [2.75, 3.05) is 13.1 Å². The van der Waals surface area contributed by atoms with Crippen LogP contribution in [0.15, 0.2) is 18.2 Å². The fourth-order valence-electron chi connectivity index (χ4n) is 1.49. The maximum absolute atomic E-state index is 11.8. The summed E-state index contributed by atoms with van der Waals surface area (Å²) in [5.41, 5.74) is 1.61. The maximum atomic E-state index is 11.8. The smallest absolute Gasteiger partial charge is 0.251 e. The Morgan fingerprint density at radius 3 is 2.87 bits per heavy atom. The van der Waals surface area contributed by atoms with Gasteiger partial charge in [-0.1, -0.05) is 17.7 Å². The summed E-state index contributed by atoms with van der Waals surface area (Å²) in [4.78, 5) is 11.8. The van der Waals surface area contributed by atoms with Crippen molar-refractivity contribution < 1.29 is 4.79 Å². The number of hydrogen-bond donors (Lipinski definition) is 2. The second kappa shape index (κ2) is 4.21. The van der Waals surface area contributed by atoms with Gasteiger partial charge in [-0.25, -0.2) is 0 Å². The molecule has 0 unspecified atom stereocenters. The molecule has 1 aromatic rings. The highest BCUT2D eigenvalue weighted by molar-refractivity contribution is 6.31. The third-order valence-corrected chi connectivity index (χ3v) is 2.80. The first kappa shape index (κ1) is 10.5. The first-order valence-corrected chi connectivity index (χ1v) is 5.32. The number of benzene rings is 1. The van der Waals surface area contributed by atoms with Crippen molar-refractivity contribution in [3.05, 3.63) is 34.3 Å². The number of amides is 1. The van der Waals surface area contributed by atoms with E-state index in [0.717, 1.165) is 18.7 Å². The van der Waals surface area contributed by atoms with E-state index in [1.54, 1.807) is 12.1 Å². The second-order valence-corrected chi connectivity index (χ2v) is 4.22. The van der Waals surface area contributed by atoms with E-state index in [2.05, 4.69) is 10.6 Å². The molecule has 0 bridgehead atoms. The summed E-state index contributed by atoms with van der Waals surface area (Å²) in [5.74, 6) is -0.0403. The molecule has 1 fully saturated rings. The number of carbonyl (C=O) groups excluding carboxylic acids is 1. The van der Waals surface area contributed by atoms with Crippen molar-refractivity contribution in [1.82, 2.24) is 10.6 Å². The lowest BCUT2D eigenvalue weighted by Gasteiger charge is -2.28. The summed E-state index contributed by atoms with van der Waals surface area (Å²) < 4.78 is 0. The van der Waals surface area contributed by atoms with E-state index in [9.17, 15) is 4.79 Å². The minimum Gasteiger partial charge on any atom is -0.347 e. The second-order valence-electron chi connectivity index (χ2n) is 3.79. The Kier molecular flexibility index (Phi) is 2.93. The summed E-state index contributed by atoms with van der Waals surface area (Å²) in [6, 6.07) is 5.61. The average molecular weight is 225 g/mol. The number of carbonyl (C=O) groups is 1. The highest BCUT2D eigenvalue weighted by Crippen LogP contribution is 2.15. The van der Waals surface area contributed by atoms with Crippen molar-refractivity contribution in [3.63, 3.8) is 0 Å². The van der Waals surface area contributed by atoms with E-state index < -0.39 is 0 Å². The first-order valence-electron chi connectivity index (χ1n) is 4.94. The predicted molar refractivity (Wildman–Crippen MR) is 60.3 cm³/mol. The molecule has 0 radical (unpaired) electrons. The molecule has 1 aliphatic rings. The Labute approximate surface area is 93.8 Å². The van der Waals surface area contributed by atoms with E-state index in [1.165, 1.54) is 0 Å². The number of nitrogens with one attached hydrogen (secondary N) is 2. The topological polar surface area (TPSA) is 41.1 Å². The van der Waals surface area contributed by atoms with Gasteiger partial charge in [0.2, 0.25) is 0 Å². The van der Waals surface area contributed by atoms with Crippen LogP contribution in [-0.4, -0.2) is 25.0 Å². The minimum absolute atomic E-state index is 0.0403. The number of aryl methyl sites for hydroxylation is 1. The average Bonchev–Trinajstić information content (AvgIpc) is 2.15. The molecule has 3 nitrogen and oxygen atoms in total. The van der Waals surface area contributed by atoms with Gasteiger partial charge >= 0.3 is 0 Å². The van der Waals surface area contributed by atoms with Crippen LogP contribution >= 0.6 is 11.6 Å². The quantitative estimate of drug-likeness (QED) is 0.796. The van der Waals surface area contributed by atoms with Gasteiger partial charge in [-0.05, 0) is 24.6 Å². The Balaban J connectivity index is 2.12. The lowest BCUT2D eigenvalue weighted by molar-refractivity contribution is 0.0923. The zero-order chi connectivity index (χ0) is 10.8. The fourth-order valence-corrected chi connectivity index (χ4v) is 1.66. The van der Waals surface area contributed by atoms with Gasteiger partial charge in [0.05, 0.1) is 6.04 Å². The SMILES string of the molecule is Cc1ccc(Cl)cc1C(=O)NC1CNC1.